The molecule has 0 bridgehead atoms. The van der Waals surface area contributed by atoms with E-state index >= 15 is 0 Å². The van der Waals surface area contributed by atoms with Crippen LogP contribution in [-0.4, -0.2) is 48.3 Å². The zero-order valence-electron chi connectivity index (χ0n) is 9.84. The van der Waals surface area contributed by atoms with Gasteiger partial charge >= 0.3 is 0 Å². The van der Waals surface area contributed by atoms with Gasteiger partial charge in [-0.2, -0.15) is 0 Å². The molecule has 98 valence electrons. The second-order valence-electron chi connectivity index (χ2n) is 4.32. The summed E-state index contributed by atoms with van der Waals surface area (Å²) in [6, 6.07) is 2.74. The van der Waals surface area contributed by atoms with Crippen molar-refractivity contribution >= 4 is 27.3 Å². The van der Waals surface area contributed by atoms with Crippen LogP contribution in [0.2, 0.25) is 5.02 Å². The van der Waals surface area contributed by atoms with Crippen molar-refractivity contribution in [3.05, 3.63) is 29.0 Å². The van der Waals surface area contributed by atoms with Gasteiger partial charge in [0.25, 0.3) is 5.91 Å². The van der Waals surface area contributed by atoms with Gasteiger partial charge in [-0.15, -0.1) is 0 Å². The van der Waals surface area contributed by atoms with Crippen LogP contribution in [0.1, 0.15) is 17.4 Å². The van der Waals surface area contributed by atoms with Crippen LogP contribution in [0.3, 0.4) is 0 Å². The van der Waals surface area contributed by atoms with Crippen LogP contribution in [0, 0.1) is 0 Å². The molecule has 1 fully saturated rings. The molecule has 1 saturated heterocycles. The first kappa shape index (κ1) is 13.3. The molecule has 2 rings (SSSR count). The molecular weight excluding hydrogens is 276 g/mol. The van der Waals surface area contributed by atoms with E-state index in [9.17, 15) is 13.2 Å². The third-order valence-electron chi connectivity index (χ3n) is 2.87. The monoisotopic (exact) mass is 288 g/mol. The van der Waals surface area contributed by atoms with Gasteiger partial charge in [-0.25, -0.2) is 8.42 Å². The summed E-state index contributed by atoms with van der Waals surface area (Å²) in [5.74, 6) is -0.275. The summed E-state index contributed by atoms with van der Waals surface area (Å²) in [6.07, 6.45) is 1.46. The van der Waals surface area contributed by atoms with Crippen molar-refractivity contribution in [3.63, 3.8) is 0 Å². The highest BCUT2D eigenvalue weighted by Gasteiger charge is 2.32. The van der Waals surface area contributed by atoms with E-state index in [1.807, 2.05) is 0 Å². The van der Waals surface area contributed by atoms with E-state index in [0.29, 0.717) is 5.02 Å². The number of sulfone groups is 1. The minimum absolute atomic E-state index is 0.000689. The van der Waals surface area contributed by atoms with E-state index in [0.717, 1.165) is 0 Å². The fraction of sp³-hybridized carbons (Fsp3) is 0.455. The lowest BCUT2D eigenvalue weighted by Gasteiger charge is -2.32. The molecule has 1 amide bonds. The smallest absolute Gasteiger partial charge is 0.272 e. The molecule has 18 heavy (non-hydrogen) atoms. The molecule has 0 spiro atoms. The summed E-state index contributed by atoms with van der Waals surface area (Å²) in [5.41, 5.74) is 0.244. The Morgan fingerprint density at radius 3 is 2.89 bits per heavy atom. The van der Waals surface area contributed by atoms with Gasteiger partial charge in [0.15, 0.2) is 9.84 Å². The molecule has 5 nitrogen and oxygen atoms in total. The number of rotatable bonds is 1. The average molecular weight is 289 g/mol. The predicted molar refractivity (Wildman–Crippen MR) is 68.4 cm³/mol. The Morgan fingerprint density at radius 1 is 1.56 bits per heavy atom. The van der Waals surface area contributed by atoms with E-state index < -0.39 is 9.84 Å². The molecule has 0 aromatic carbocycles. The predicted octanol–water partition coefficient (Wildman–Crippen LogP) is 0.994. The lowest BCUT2D eigenvalue weighted by molar-refractivity contribution is 0.0706. The van der Waals surface area contributed by atoms with Gasteiger partial charge in [-0.3, -0.25) is 9.78 Å². The molecule has 2 heterocycles. The highest BCUT2D eigenvalue weighted by molar-refractivity contribution is 7.91. The highest BCUT2D eigenvalue weighted by atomic mass is 35.5. The van der Waals surface area contributed by atoms with Gasteiger partial charge in [-0.1, -0.05) is 11.6 Å². The number of halogens is 1. The van der Waals surface area contributed by atoms with Crippen molar-refractivity contribution in [2.45, 2.75) is 13.0 Å². The molecule has 1 aliphatic rings. The van der Waals surface area contributed by atoms with E-state index in [1.54, 1.807) is 13.0 Å². The normalized spacial score (nSPS) is 22.8. The Bertz CT molecular complexity index is 573. The van der Waals surface area contributed by atoms with Gasteiger partial charge in [0.2, 0.25) is 0 Å². The lowest BCUT2D eigenvalue weighted by Crippen LogP contribution is -2.49. The third-order valence-corrected chi connectivity index (χ3v) is 4.90. The van der Waals surface area contributed by atoms with Crippen molar-refractivity contribution in [3.8, 4) is 0 Å². The summed E-state index contributed by atoms with van der Waals surface area (Å²) in [7, 11) is -3.03. The summed E-state index contributed by atoms with van der Waals surface area (Å²) >= 11 is 5.80. The number of nitrogens with zero attached hydrogens (tertiary/aromatic N) is 2. The van der Waals surface area contributed by atoms with Crippen LogP contribution in [-0.2, 0) is 9.84 Å². The number of hydrogen-bond acceptors (Lipinski definition) is 4. The summed E-state index contributed by atoms with van der Waals surface area (Å²) in [4.78, 5) is 17.7. The fourth-order valence-electron chi connectivity index (χ4n) is 1.97. The van der Waals surface area contributed by atoms with Gasteiger partial charge in [0, 0.05) is 23.8 Å². The minimum Gasteiger partial charge on any atom is -0.333 e. The van der Waals surface area contributed by atoms with Crippen molar-refractivity contribution in [2.24, 2.45) is 0 Å². The van der Waals surface area contributed by atoms with Crippen LogP contribution in [0.5, 0.6) is 0 Å². The molecule has 0 saturated carbocycles. The molecule has 1 aromatic rings. The molecule has 1 aliphatic heterocycles. The Balaban J connectivity index is 2.20. The van der Waals surface area contributed by atoms with Crippen LogP contribution in [0.4, 0.5) is 0 Å². The van der Waals surface area contributed by atoms with Crippen molar-refractivity contribution in [1.29, 1.82) is 0 Å². The second kappa shape index (κ2) is 4.85. The van der Waals surface area contributed by atoms with Crippen molar-refractivity contribution in [1.82, 2.24) is 9.88 Å². The topological polar surface area (TPSA) is 67.3 Å². The first-order valence-corrected chi connectivity index (χ1v) is 7.72. The standard InChI is InChI=1S/C11H13ClN2O3S/c1-8-7-18(16,17)5-4-14(8)11(15)10-6-9(12)2-3-13-10/h2-3,6,8H,4-5,7H2,1H3. The van der Waals surface area contributed by atoms with Gasteiger partial charge in [0.05, 0.1) is 11.5 Å². The molecular formula is C11H13ClN2O3S. The lowest BCUT2D eigenvalue weighted by atomic mass is 10.2. The number of hydrogen-bond donors (Lipinski definition) is 0. The number of amides is 1. The van der Waals surface area contributed by atoms with Crippen LogP contribution < -0.4 is 0 Å². The zero-order chi connectivity index (χ0) is 13.3. The Labute approximate surface area is 111 Å². The minimum atomic E-state index is -3.03. The van der Waals surface area contributed by atoms with E-state index in [2.05, 4.69) is 4.98 Å². The number of carbonyl (C=O) groups is 1. The summed E-state index contributed by atoms with van der Waals surface area (Å²) in [5, 5.41) is 0.436. The summed E-state index contributed by atoms with van der Waals surface area (Å²) < 4.78 is 22.9. The zero-order valence-corrected chi connectivity index (χ0v) is 11.4. The number of aromatic nitrogens is 1. The van der Waals surface area contributed by atoms with Gasteiger partial charge in [-0.05, 0) is 19.1 Å². The summed E-state index contributed by atoms with van der Waals surface area (Å²) in [6.45, 7) is 1.93. The maximum atomic E-state index is 12.2. The Morgan fingerprint density at radius 2 is 2.28 bits per heavy atom. The first-order valence-electron chi connectivity index (χ1n) is 5.52. The van der Waals surface area contributed by atoms with Crippen LogP contribution in [0.25, 0.3) is 0 Å². The second-order valence-corrected chi connectivity index (χ2v) is 6.99. The highest BCUT2D eigenvalue weighted by Crippen LogP contribution is 2.16. The maximum absolute atomic E-state index is 12.2. The molecule has 0 radical (unpaired) electrons. The number of carbonyl (C=O) groups excluding carboxylic acids is 1. The molecule has 1 atom stereocenters. The van der Waals surface area contributed by atoms with Crippen molar-refractivity contribution < 1.29 is 13.2 Å². The molecule has 0 aliphatic carbocycles. The van der Waals surface area contributed by atoms with Crippen molar-refractivity contribution in [2.75, 3.05) is 18.1 Å². The molecule has 7 heteroatoms. The van der Waals surface area contributed by atoms with Crippen LogP contribution in [0.15, 0.2) is 18.3 Å². The van der Waals surface area contributed by atoms with Gasteiger partial charge in [0.1, 0.15) is 5.69 Å². The largest absolute Gasteiger partial charge is 0.333 e. The first-order chi connectivity index (χ1) is 8.39. The average Bonchev–Trinajstić information content (AvgIpc) is 2.27. The molecule has 1 unspecified atom stereocenters. The maximum Gasteiger partial charge on any atom is 0.272 e. The third kappa shape index (κ3) is 2.81. The van der Waals surface area contributed by atoms with Crippen LogP contribution >= 0.6 is 11.6 Å². The SMILES string of the molecule is CC1CS(=O)(=O)CCN1C(=O)c1cc(Cl)ccn1. The number of pyridine rings is 1. The Kier molecular flexibility index (Phi) is 3.59. The quantitative estimate of drug-likeness (QED) is 0.773. The van der Waals surface area contributed by atoms with E-state index in [-0.39, 0.29) is 35.7 Å². The molecule has 0 N–H and O–H groups in total. The Hall–Kier alpha value is -1.14. The van der Waals surface area contributed by atoms with E-state index in [4.69, 9.17) is 11.6 Å². The molecule has 1 aromatic heterocycles. The fourth-order valence-corrected chi connectivity index (χ4v) is 3.69. The van der Waals surface area contributed by atoms with Gasteiger partial charge < -0.3 is 4.90 Å². The van der Waals surface area contributed by atoms with E-state index in [1.165, 1.54) is 17.2 Å².